The number of hydrogen-bond donors (Lipinski definition) is 1. The van der Waals surface area contributed by atoms with Crippen molar-refractivity contribution in [3.8, 4) is 11.5 Å². The summed E-state index contributed by atoms with van der Waals surface area (Å²) in [5, 5.41) is 3.12. The van der Waals surface area contributed by atoms with Gasteiger partial charge in [-0.15, -0.1) is 0 Å². The van der Waals surface area contributed by atoms with Gasteiger partial charge in [0.15, 0.2) is 0 Å². The van der Waals surface area contributed by atoms with Gasteiger partial charge in [0.05, 0.1) is 0 Å². The molecule has 0 spiro atoms. The zero-order valence-corrected chi connectivity index (χ0v) is 20.1. The van der Waals surface area contributed by atoms with Gasteiger partial charge in [-0.1, -0.05) is 32.8 Å². The molecule has 1 aliphatic rings. The molecule has 170 valence electrons. The first kappa shape index (κ1) is 24.6. The fraction of sp³-hybridized carbons (Fsp3) is 0.731. The summed E-state index contributed by atoms with van der Waals surface area (Å²) >= 11 is 0. The number of carbonyl (C=O) groups is 1. The number of carbonyl (C=O) groups excluding carboxylic acids is 1. The Bertz CT molecular complexity index is 675. The predicted octanol–water partition coefficient (Wildman–Crippen LogP) is 6.45. The Morgan fingerprint density at radius 2 is 1.63 bits per heavy atom. The minimum absolute atomic E-state index is 0.198. The summed E-state index contributed by atoms with van der Waals surface area (Å²) in [5.41, 5.74) is 0.791. The SMILES string of the molecule is CCC(C)(C)Oc1ccc(CCCCNC(=O)C2CCCC2)c(OC(C)(C)CC)c1. The highest BCUT2D eigenvalue weighted by Crippen LogP contribution is 2.32. The molecule has 1 amide bonds. The summed E-state index contributed by atoms with van der Waals surface area (Å²) in [4.78, 5) is 12.2. The highest BCUT2D eigenvalue weighted by Gasteiger charge is 2.23. The number of nitrogens with one attached hydrogen (secondary N) is 1. The Morgan fingerprint density at radius 3 is 2.27 bits per heavy atom. The van der Waals surface area contributed by atoms with E-state index in [2.05, 4.69) is 59.0 Å². The molecule has 1 aromatic carbocycles. The molecule has 1 aliphatic carbocycles. The molecule has 1 fully saturated rings. The van der Waals surface area contributed by atoms with Crippen LogP contribution in [0.25, 0.3) is 0 Å². The van der Waals surface area contributed by atoms with Gasteiger partial charge in [0, 0.05) is 18.5 Å². The molecule has 4 heteroatoms. The van der Waals surface area contributed by atoms with E-state index in [1.807, 2.05) is 6.07 Å². The third-order valence-corrected chi connectivity index (χ3v) is 6.42. The van der Waals surface area contributed by atoms with Gasteiger partial charge in [-0.3, -0.25) is 4.79 Å². The summed E-state index contributed by atoms with van der Waals surface area (Å²) in [6.45, 7) is 13.5. The second-order valence-electron chi connectivity index (χ2n) is 9.93. The lowest BCUT2D eigenvalue weighted by Crippen LogP contribution is -2.30. The minimum atomic E-state index is -0.219. The smallest absolute Gasteiger partial charge is 0.223 e. The van der Waals surface area contributed by atoms with Crippen LogP contribution >= 0.6 is 0 Å². The van der Waals surface area contributed by atoms with Gasteiger partial charge in [0.2, 0.25) is 5.91 Å². The number of amides is 1. The average Bonchev–Trinajstić information content (AvgIpc) is 3.23. The molecule has 0 heterocycles. The Hall–Kier alpha value is -1.71. The standard InChI is InChI=1S/C26H43NO3/c1-7-25(3,4)29-22-17-16-20(23(19-22)30-26(5,6)8-2)13-11-12-18-27-24(28)21-14-9-10-15-21/h16-17,19,21H,7-15,18H2,1-6H3,(H,27,28). The second-order valence-corrected chi connectivity index (χ2v) is 9.93. The topological polar surface area (TPSA) is 47.6 Å². The van der Waals surface area contributed by atoms with Gasteiger partial charge in [-0.25, -0.2) is 0 Å². The lowest BCUT2D eigenvalue weighted by atomic mass is 10.0. The molecular weight excluding hydrogens is 374 g/mol. The maximum atomic E-state index is 12.2. The Balaban J connectivity index is 1.94. The van der Waals surface area contributed by atoms with Crippen molar-refractivity contribution in [1.82, 2.24) is 5.32 Å². The van der Waals surface area contributed by atoms with Gasteiger partial charge in [-0.2, -0.15) is 0 Å². The zero-order chi connectivity index (χ0) is 22.2. The molecule has 30 heavy (non-hydrogen) atoms. The number of hydrogen-bond acceptors (Lipinski definition) is 3. The van der Waals surface area contributed by atoms with Crippen LogP contribution < -0.4 is 14.8 Å². The summed E-state index contributed by atoms with van der Waals surface area (Å²) in [7, 11) is 0. The third kappa shape index (κ3) is 7.85. The van der Waals surface area contributed by atoms with Crippen LogP contribution in [0.3, 0.4) is 0 Å². The zero-order valence-electron chi connectivity index (χ0n) is 20.1. The number of rotatable bonds is 12. The van der Waals surface area contributed by atoms with E-state index < -0.39 is 0 Å². The van der Waals surface area contributed by atoms with Gasteiger partial charge < -0.3 is 14.8 Å². The summed E-state index contributed by atoms with van der Waals surface area (Å²) in [6, 6.07) is 6.24. The molecule has 0 saturated heterocycles. The van der Waals surface area contributed by atoms with E-state index in [9.17, 15) is 4.79 Å². The molecular formula is C26H43NO3. The molecule has 4 nitrogen and oxygen atoms in total. The molecule has 0 aromatic heterocycles. The molecule has 0 bridgehead atoms. The first-order valence-electron chi connectivity index (χ1n) is 11.9. The van der Waals surface area contributed by atoms with E-state index in [1.165, 1.54) is 18.4 Å². The fourth-order valence-corrected chi connectivity index (χ4v) is 3.65. The van der Waals surface area contributed by atoms with Gasteiger partial charge in [0.25, 0.3) is 0 Å². The largest absolute Gasteiger partial charge is 0.488 e. The molecule has 0 aliphatic heterocycles. The van der Waals surface area contributed by atoms with E-state index in [0.717, 1.165) is 63.0 Å². The fourth-order valence-electron chi connectivity index (χ4n) is 3.65. The Kier molecular flexibility index (Phi) is 9.06. The van der Waals surface area contributed by atoms with E-state index in [1.54, 1.807) is 0 Å². The maximum absolute atomic E-state index is 12.2. The van der Waals surface area contributed by atoms with Crippen molar-refractivity contribution >= 4 is 5.91 Å². The predicted molar refractivity (Wildman–Crippen MR) is 124 cm³/mol. The highest BCUT2D eigenvalue weighted by molar-refractivity contribution is 5.78. The van der Waals surface area contributed by atoms with Gasteiger partial charge in [-0.05, 0) is 84.3 Å². The number of aryl methyl sites for hydroxylation is 1. The summed E-state index contributed by atoms with van der Waals surface area (Å²) in [5.74, 6) is 2.28. The molecule has 0 unspecified atom stereocenters. The molecule has 0 radical (unpaired) electrons. The monoisotopic (exact) mass is 417 g/mol. The van der Waals surface area contributed by atoms with Crippen LogP contribution in [-0.2, 0) is 11.2 Å². The lowest BCUT2D eigenvalue weighted by Gasteiger charge is -2.29. The molecule has 1 saturated carbocycles. The Morgan fingerprint density at radius 1 is 1.00 bits per heavy atom. The third-order valence-electron chi connectivity index (χ3n) is 6.42. The molecule has 1 aromatic rings. The van der Waals surface area contributed by atoms with Gasteiger partial charge in [0.1, 0.15) is 22.7 Å². The molecule has 0 atom stereocenters. The number of unbranched alkanes of at least 4 members (excludes halogenated alkanes) is 1. The highest BCUT2D eigenvalue weighted by atomic mass is 16.5. The van der Waals surface area contributed by atoms with Crippen LogP contribution in [0.2, 0.25) is 0 Å². The van der Waals surface area contributed by atoms with Crippen LogP contribution in [0.4, 0.5) is 0 Å². The minimum Gasteiger partial charge on any atom is -0.488 e. The number of benzene rings is 1. The average molecular weight is 418 g/mol. The van der Waals surface area contributed by atoms with Crippen molar-refractivity contribution in [2.24, 2.45) is 5.92 Å². The first-order valence-corrected chi connectivity index (χ1v) is 11.9. The van der Waals surface area contributed by atoms with Crippen molar-refractivity contribution in [2.45, 2.75) is 111 Å². The lowest BCUT2D eigenvalue weighted by molar-refractivity contribution is -0.124. The van der Waals surface area contributed by atoms with E-state index in [4.69, 9.17) is 9.47 Å². The van der Waals surface area contributed by atoms with Crippen LogP contribution in [0, 0.1) is 5.92 Å². The second kappa shape index (κ2) is 11.1. The van der Waals surface area contributed by atoms with Crippen LogP contribution in [0.5, 0.6) is 11.5 Å². The number of ether oxygens (including phenoxy) is 2. The summed E-state index contributed by atoms with van der Waals surface area (Å²) in [6.07, 6.45) is 9.33. The maximum Gasteiger partial charge on any atom is 0.223 e. The Labute approximate surface area is 184 Å². The van der Waals surface area contributed by atoms with Crippen molar-refractivity contribution < 1.29 is 14.3 Å². The van der Waals surface area contributed by atoms with Crippen LogP contribution in [0.15, 0.2) is 18.2 Å². The van der Waals surface area contributed by atoms with Gasteiger partial charge >= 0.3 is 0 Å². The van der Waals surface area contributed by atoms with Crippen molar-refractivity contribution in [3.63, 3.8) is 0 Å². The first-order chi connectivity index (χ1) is 14.2. The normalized spacial score (nSPS) is 15.3. The van der Waals surface area contributed by atoms with Crippen LogP contribution in [0.1, 0.15) is 98.5 Å². The van der Waals surface area contributed by atoms with E-state index >= 15 is 0 Å². The van der Waals surface area contributed by atoms with Crippen LogP contribution in [-0.4, -0.2) is 23.7 Å². The quantitative estimate of drug-likeness (QED) is 0.398. The van der Waals surface area contributed by atoms with Crippen molar-refractivity contribution in [2.75, 3.05) is 6.54 Å². The van der Waals surface area contributed by atoms with Crippen molar-refractivity contribution in [1.29, 1.82) is 0 Å². The molecule has 1 N–H and O–H groups in total. The molecule has 2 rings (SSSR count). The summed E-state index contributed by atoms with van der Waals surface area (Å²) < 4.78 is 12.6. The van der Waals surface area contributed by atoms with E-state index in [-0.39, 0.29) is 23.0 Å². The van der Waals surface area contributed by atoms with Crippen molar-refractivity contribution in [3.05, 3.63) is 23.8 Å². The van der Waals surface area contributed by atoms with E-state index in [0.29, 0.717) is 0 Å².